The van der Waals surface area contributed by atoms with Gasteiger partial charge in [-0.15, -0.1) is 0 Å². The Balaban J connectivity index is 1.80. The average Bonchev–Trinajstić information content (AvgIpc) is 2.99. The summed E-state index contributed by atoms with van der Waals surface area (Å²) in [6.45, 7) is 10.3. The number of ether oxygens (including phenoxy) is 2. The summed E-state index contributed by atoms with van der Waals surface area (Å²) in [5.41, 5.74) is 1.52. The van der Waals surface area contributed by atoms with Crippen LogP contribution in [0.25, 0.3) is 0 Å². The molecule has 6 heteroatoms. The maximum Gasteiger partial charge on any atom is 0.272 e. The van der Waals surface area contributed by atoms with Crippen LogP contribution < -0.4 is 0 Å². The van der Waals surface area contributed by atoms with Gasteiger partial charge < -0.3 is 14.4 Å². The third-order valence-corrected chi connectivity index (χ3v) is 5.29. The Kier molecular flexibility index (Phi) is 5.25. The molecule has 0 aliphatic carbocycles. The van der Waals surface area contributed by atoms with E-state index in [1.165, 1.54) is 0 Å². The normalized spacial score (nSPS) is 27.1. The van der Waals surface area contributed by atoms with E-state index >= 15 is 0 Å². The molecule has 6 nitrogen and oxygen atoms in total. The van der Waals surface area contributed by atoms with Crippen molar-refractivity contribution in [2.24, 2.45) is 5.41 Å². The van der Waals surface area contributed by atoms with Gasteiger partial charge in [0.1, 0.15) is 5.69 Å². The molecule has 0 spiro atoms. The molecule has 3 rings (SSSR count). The summed E-state index contributed by atoms with van der Waals surface area (Å²) in [4.78, 5) is 15.0. The largest absolute Gasteiger partial charge is 0.381 e. The summed E-state index contributed by atoms with van der Waals surface area (Å²) in [5, 5.41) is 4.41. The van der Waals surface area contributed by atoms with Crippen molar-refractivity contribution in [2.45, 2.75) is 52.7 Å². The van der Waals surface area contributed by atoms with E-state index in [2.05, 4.69) is 5.10 Å². The van der Waals surface area contributed by atoms with E-state index < -0.39 is 0 Å². The molecule has 2 fully saturated rings. The van der Waals surface area contributed by atoms with Gasteiger partial charge >= 0.3 is 0 Å². The van der Waals surface area contributed by atoms with Gasteiger partial charge in [-0.1, -0.05) is 0 Å². The van der Waals surface area contributed by atoms with Gasteiger partial charge in [-0.3, -0.25) is 9.48 Å². The number of aromatic nitrogens is 2. The number of carbonyl (C=O) groups excluding carboxylic acids is 1. The van der Waals surface area contributed by atoms with Crippen molar-refractivity contribution in [2.75, 3.05) is 32.9 Å². The minimum absolute atomic E-state index is 0.0612. The summed E-state index contributed by atoms with van der Waals surface area (Å²) in [6.07, 6.45) is 3.20. The van der Waals surface area contributed by atoms with Crippen molar-refractivity contribution in [3.63, 3.8) is 0 Å². The summed E-state index contributed by atoms with van der Waals surface area (Å²) in [6, 6.07) is 1.89. The van der Waals surface area contributed by atoms with Gasteiger partial charge in [0.2, 0.25) is 0 Å². The molecule has 3 heterocycles. The van der Waals surface area contributed by atoms with Crippen LogP contribution in [-0.4, -0.2) is 59.6 Å². The molecule has 1 amide bonds. The lowest BCUT2D eigenvalue weighted by atomic mass is 9.73. The quantitative estimate of drug-likeness (QED) is 0.828. The number of carbonyl (C=O) groups is 1. The predicted octanol–water partition coefficient (Wildman–Crippen LogP) is 2.26. The van der Waals surface area contributed by atoms with Crippen molar-refractivity contribution >= 4 is 5.91 Å². The van der Waals surface area contributed by atoms with E-state index in [9.17, 15) is 4.79 Å². The maximum atomic E-state index is 13.1. The molecule has 24 heavy (non-hydrogen) atoms. The molecule has 0 unspecified atom stereocenters. The van der Waals surface area contributed by atoms with Crippen molar-refractivity contribution < 1.29 is 14.3 Å². The predicted molar refractivity (Wildman–Crippen MR) is 91.1 cm³/mol. The van der Waals surface area contributed by atoms with Crippen LogP contribution in [0.15, 0.2) is 6.07 Å². The summed E-state index contributed by atoms with van der Waals surface area (Å²) in [7, 11) is 0. The molecule has 0 bridgehead atoms. The maximum absolute atomic E-state index is 13.1. The summed E-state index contributed by atoms with van der Waals surface area (Å²) < 4.78 is 13.6. The first-order chi connectivity index (χ1) is 11.6. The number of hydrogen-bond acceptors (Lipinski definition) is 4. The molecule has 1 aromatic heterocycles. The summed E-state index contributed by atoms with van der Waals surface area (Å²) in [5.74, 6) is 0.0809. The molecule has 1 aromatic rings. The zero-order valence-electron chi connectivity index (χ0n) is 15.1. The van der Waals surface area contributed by atoms with Crippen LogP contribution in [0.4, 0.5) is 0 Å². The average molecular weight is 335 g/mol. The van der Waals surface area contributed by atoms with E-state index in [0.717, 1.165) is 38.1 Å². The minimum atomic E-state index is -0.0612. The number of amides is 1. The highest BCUT2D eigenvalue weighted by Crippen LogP contribution is 2.40. The van der Waals surface area contributed by atoms with Gasteiger partial charge in [0.15, 0.2) is 0 Å². The Morgan fingerprint density at radius 1 is 1.50 bits per heavy atom. The van der Waals surface area contributed by atoms with Crippen LogP contribution >= 0.6 is 0 Å². The molecule has 2 saturated heterocycles. The first-order valence-corrected chi connectivity index (χ1v) is 9.12. The number of piperidine rings is 1. The fourth-order valence-electron chi connectivity index (χ4n) is 4.10. The minimum Gasteiger partial charge on any atom is -0.381 e. The lowest BCUT2D eigenvalue weighted by molar-refractivity contribution is -0.146. The van der Waals surface area contributed by atoms with Gasteiger partial charge in [-0.05, 0) is 46.1 Å². The molecular formula is C18H29N3O3. The Morgan fingerprint density at radius 3 is 3.08 bits per heavy atom. The first kappa shape index (κ1) is 17.4. The van der Waals surface area contributed by atoms with Gasteiger partial charge in [-0.25, -0.2) is 0 Å². The molecule has 0 saturated carbocycles. The number of likely N-dealkylation sites (tertiary alicyclic amines) is 1. The van der Waals surface area contributed by atoms with Crippen molar-refractivity contribution in [1.29, 1.82) is 0 Å². The van der Waals surface area contributed by atoms with E-state index in [1.807, 2.05) is 31.7 Å². The number of nitrogens with zero attached hydrogens (tertiary/aromatic N) is 3. The van der Waals surface area contributed by atoms with Crippen LogP contribution in [0.5, 0.6) is 0 Å². The first-order valence-electron chi connectivity index (χ1n) is 9.12. The fraction of sp³-hybridized carbons (Fsp3) is 0.778. The Bertz CT molecular complexity index is 586. The number of aryl methyl sites for hydroxylation is 2. The molecule has 0 aromatic carbocycles. The summed E-state index contributed by atoms with van der Waals surface area (Å²) >= 11 is 0. The van der Waals surface area contributed by atoms with Crippen LogP contribution in [-0.2, 0) is 16.0 Å². The molecule has 2 atom stereocenters. The highest BCUT2D eigenvalue weighted by atomic mass is 16.5. The molecular weight excluding hydrogens is 306 g/mol. The zero-order valence-corrected chi connectivity index (χ0v) is 15.1. The van der Waals surface area contributed by atoms with Crippen molar-refractivity contribution in [3.8, 4) is 0 Å². The lowest BCUT2D eigenvalue weighted by Crippen LogP contribution is -2.58. The Labute approximate surface area is 144 Å². The highest BCUT2D eigenvalue weighted by Gasteiger charge is 2.47. The SMILES string of the molecule is CCOC[C@@]12CCCO[C@H]1CCN(C(=O)c1cc(C)nn1CC)C2. The molecule has 2 aliphatic heterocycles. The molecule has 0 N–H and O–H groups in total. The Hall–Kier alpha value is -1.40. The third-order valence-electron chi connectivity index (χ3n) is 5.29. The Morgan fingerprint density at radius 2 is 2.33 bits per heavy atom. The van der Waals surface area contributed by atoms with Crippen LogP contribution in [0.3, 0.4) is 0 Å². The molecule has 2 aliphatic rings. The van der Waals surface area contributed by atoms with E-state index in [0.29, 0.717) is 32.0 Å². The second kappa shape index (κ2) is 7.23. The van der Waals surface area contributed by atoms with Crippen LogP contribution in [0, 0.1) is 12.3 Å². The van der Waals surface area contributed by atoms with Crippen molar-refractivity contribution in [3.05, 3.63) is 17.5 Å². The van der Waals surface area contributed by atoms with E-state index in [1.54, 1.807) is 4.68 Å². The monoisotopic (exact) mass is 335 g/mol. The third kappa shape index (κ3) is 3.22. The fourth-order valence-corrected chi connectivity index (χ4v) is 4.10. The van der Waals surface area contributed by atoms with Gasteiger partial charge in [0.05, 0.1) is 18.4 Å². The van der Waals surface area contributed by atoms with E-state index in [4.69, 9.17) is 9.47 Å². The number of hydrogen-bond donors (Lipinski definition) is 0. The standard InChI is InChI=1S/C18H29N3O3/c1-4-21-15(11-14(3)19-21)17(22)20-9-7-16-18(12-20,13-23-5-2)8-6-10-24-16/h11,16H,4-10,12-13H2,1-3H3/t16-,18-/m0/s1. The van der Waals surface area contributed by atoms with E-state index in [-0.39, 0.29) is 17.4 Å². The van der Waals surface area contributed by atoms with Crippen LogP contribution in [0.2, 0.25) is 0 Å². The van der Waals surface area contributed by atoms with Crippen molar-refractivity contribution in [1.82, 2.24) is 14.7 Å². The molecule has 134 valence electrons. The van der Waals surface area contributed by atoms with Crippen LogP contribution in [0.1, 0.15) is 49.3 Å². The lowest BCUT2D eigenvalue weighted by Gasteiger charge is -2.50. The van der Waals surface area contributed by atoms with Gasteiger partial charge in [0, 0.05) is 38.3 Å². The molecule has 0 radical (unpaired) electrons. The topological polar surface area (TPSA) is 56.6 Å². The number of fused-ring (bicyclic) bond motifs is 1. The van der Waals surface area contributed by atoms with Gasteiger partial charge in [0.25, 0.3) is 5.91 Å². The van der Waals surface area contributed by atoms with Gasteiger partial charge in [-0.2, -0.15) is 5.10 Å². The highest BCUT2D eigenvalue weighted by molar-refractivity contribution is 5.92. The zero-order chi connectivity index (χ0) is 17.2. The number of rotatable bonds is 5. The smallest absolute Gasteiger partial charge is 0.272 e. The second-order valence-electron chi connectivity index (χ2n) is 6.96. The second-order valence-corrected chi connectivity index (χ2v) is 6.96.